The van der Waals surface area contributed by atoms with Crippen LogP contribution in [-0.4, -0.2) is 23.9 Å². The van der Waals surface area contributed by atoms with Gasteiger partial charge in [-0.05, 0) is 37.7 Å². The summed E-state index contributed by atoms with van der Waals surface area (Å²) in [5.74, 6) is 0.860. The lowest BCUT2D eigenvalue weighted by molar-refractivity contribution is 0.414. The largest absolute Gasteiger partial charge is 0.497 e. The molecule has 1 N–H and O–H groups in total. The van der Waals surface area contributed by atoms with Crippen molar-refractivity contribution in [1.82, 2.24) is 15.1 Å². The fourth-order valence-electron chi connectivity index (χ4n) is 1.97. The molecule has 0 bridgehead atoms. The summed E-state index contributed by atoms with van der Waals surface area (Å²) in [6, 6.07) is 5.97. The van der Waals surface area contributed by atoms with Gasteiger partial charge in [-0.25, -0.2) is 0 Å². The third kappa shape index (κ3) is 3.16. The Morgan fingerprint density at radius 1 is 1.37 bits per heavy atom. The molecule has 19 heavy (non-hydrogen) atoms. The van der Waals surface area contributed by atoms with Gasteiger partial charge in [-0.1, -0.05) is 15.9 Å². The molecular weight excluding hydrogens is 306 g/mol. The zero-order chi connectivity index (χ0) is 13.8. The Bertz CT molecular complexity index is 566. The predicted molar refractivity (Wildman–Crippen MR) is 79.5 cm³/mol. The van der Waals surface area contributed by atoms with E-state index in [1.165, 1.54) is 11.3 Å². The van der Waals surface area contributed by atoms with Crippen molar-refractivity contribution in [1.29, 1.82) is 0 Å². The molecule has 2 aromatic rings. The van der Waals surface area contributed by atoms with Crippen molar-refractivity contribution in [3.8, 4) is 5.75 Å². The third-order valence-electron chi connectivity index (χ3n) is 3.15. The Morgan fingerprint density at radius 3 is 2.84 bits per heavy atom. The molecule has 102 valence electrons. The van der Waals surface area contributed by atoms with Gasteiger partial charge in [-0.2, -0.15) is 5.10 Å². The summed E-state index contributed by atoms with van der Waals surface area (Å²) < 4.78 is 8.34. The van der Waals surface area contributed by atoms with Crippen molar-refractivity contribution in [2.24, 2.45) is 0 Å². The molecule has 1 heterocycles. The number of benzene rings is 1. The number of aromatic nitrogens is 2. The zero-order valence-corrected chi connectivity index (χ0v) is 13.0. The van der Waals surface area contributed by atoms with Gasteiger partial charge in [0.1, 0.15) is 5.75 Å². The van der Waals surface area contributed by atoms with Crippen LogP contribution >= 0.6 is 15.9 Å². The number of hydrogen-bond donors (Lipinski definition) is 1. The van der Waals surface area contributed by atoms with Crippen LogP contribution in [0.15, 0.2) is 28.9 Å². The van der Waals surface area contributed by atoms with Crippen molar-refractivity contribution >= 4 is 15.9 Å². The molecule has 0 atom stereocenters. The Labute approximate surface area is 121 Å². The summed E-state index contributed by atoms with van der Waals surface area (Å²) >= 11 is 3.57. The molecule has 0 saturated carbocycles. The molecule has 0 aliphatic carbocycles. The number of nitrogens with zero attached hydrogens (tertiary/aromatic N) is 2. The predicted octanol–water partition coefficient (Wildman–Crippen LogP) is 2.73. The minimum absolute atomic E-state index is 0.729. The molecule has 0 unspecified atom stereocenters. The minimum Gasteiger partial charge on any atom is -0.497 e. The Kier molecular flexibility index (Phi) is 4.61. The van der Waals surface area contributed by atoms with Crippen LogP contribution < -0.4 is 10.1 Å². The molecule has 0 aliphatic heterocycles. The molecule has 0 radical (unpaired) electrons. The van der Waals surface area contributed by atoms with E-state index in [0.717, 1.165) is 28.9 Å². The molecular formula is C14H18BrN3O. The smallest absolute Gasteiger partial charge is 0.119 e. The summed E-state index contributed by atoms with van der Waals surface area (Å²) in [6.45, 7) is 3.66. The second-order valence-electron chi connectivity index (χ2n) is 4.40. The second kappa shape index (κ2) is 6.21. The lowest BCUT2D eigenvalue weighted by Gasteiger charge is -2.09. The van der Waals surface area contributed by atoms with Crippen molar-refractivity contribution in [3.63, 3.8) is 0 Å². The molecule has 0 spiro atoms. The van der Waals surface area contributed by atoms with Gasteiger partial charge in [0.2, 0.25) is 0 Å². The van der Waals surface area contributed by atoms with Crippen molar-refractivity contribution in [2.75, 3.05) is 14.2 Å². The maximum absolute atomic E-state index is 5.26. The van der Waals surface area contributed by atoms with Gasteiger partial charge in [0.15, 0.2) is 0 Å². The van der Waals surface area contributed by atoms with E-state index in [1.54, 1.807) is 7.11 Å². The lowest BCUT2D eigenvalue weighted by Crippen LogP contribution is -2.08. The van der Waals surface area contributed by atoms with Crippen LogP contribution in [0.25, 0.3) is 0 Å². The number of ether oxygens (including phenoxy) is 1. The minimum atomic E-state index is 0.729. The van der Waals surface area contributed by atoms with Crippen molar-refractivity contribution in [3.05, 3.63) is 45.7 Å². The monoisotopic (exact) mass is 323 g/mol. The summed E-state index contributed by atoms with van der Waals surface area (Å²) in [6.07, 6.45) is 1.92. The van der Waals surface area contributed by atoms with E-state index in [4.69, 9.17) is 4.74 Å². The van der Waals surface area contributed by atoms with Gasteiger partial charge in [0, 0.05) is 22.3 Å². The number of nitrogens with one attached hydrogen (secondary N) is 1. The van der Waals surface area contributed by atoms with E-state index < -0.39 is 0 Å². The standard InChI is InChI=1S/C14H18BrN3O/c1-10-12(7-16-2)8-17-18(10)9-11-6-13(19-3)4-5-14(11)15/h4-6,8,16H,7,9H2,1-3H3. The molecule has 2 rings (SSSR count). The van der Waals surface area contributed by atoms with Gasteiger partial charge < -0.3 is 10.1 Å². The van der Waals surface area contributed by atoms with Crippen LogP contribution in [0.4, 0.5) is 0 Å². The summed E-state index contributed by atoms with van der Waals surface area (Å²) in [7, 11) is 3.62. The van der Waals surface area contributed by atoms with Gasteiger partial charge in [-0.3, -0.25) is 4.68 Å². The highest BCUT2D eigenvalue weighted by Crippen LogP contribution is 2.23. The fraction of sp³-hybridized carbons (Fsp3) is 0.357. The maximum Gasteiger partial charge on any atom is 0.119 e. The number of halogens is 1. The average molecular weight is 324 g/mol. The fourth-order valence-corrected chi connectivity index (χ4v) is 2.34. The first-order valence-corrected chi connectivity index (χ1v) is 6.93. The first-order chi connectivity index (χ1) is 9.15. The SMILES string of the molecule is CNCc1cnn(Cc2cc(OC)ccc2Br)c1C. The molecule has 0 fully saturated rings. The van der Waals surface area contributed by atoms with Gasteiger partial charge in [-0.15, -0.1) is 0 Å². The average Bonchev–Trinajstić information content (AvgIpc) is 2.75. The molecule has 1 aromatic carbocycles. The van der Waals surface area contributed by atoms with Crippen LogP contribution in [0.2, 0.25) is 0 Å². The normalized spacial score (nSPS) is 10.7. The van der Waals surface area contributed by atoms with Gasteiger partial charge in [0.25, 0.3) is 0 Å². The van der Waals surface area contributed by atoms with E-state index in [9.17, 15) is 0 Å². The highest BCUT2D eigenvalue weighted by atomic mass is 79.9. The lowest BCUT2D eigenvalue weighted by atomic mass is 10.2. The molecule has 0 amide bonds. The quantitative estimate of drug-likeness (QED) is 0.919. The van der Waals surface area contributed by atoms with Crippen LogP contribution in [0, 0.1) is 6.92 Å². The topological polar surface area (TPSA) is 39.1 Å². The van der Waals surface area contributed by atoms with E-state index in [0.29, 0.717) is 0 Å². The van der Waals surface area contributed by atoms with Crippen LogP contribution in [0.1, 0.15) is 16.8 Å². The molecule has 5 heteroatoms. The van der Waals surface area contributed by atoms with Crippen molar-refractivity contribution in [2.45, 2.75) is 20.0 Å². The summed E-state index contributed by atoms with van der Waals surface area (Å²) in [4.78, 5) is 0. The van der Waals surface area contributed by atoms with Crippen molar-refractivity contribution < 1.29 is 4.74 Å². The molecule has 1 aromatic heterocycles. The second-order valence-corrected chi connectivity index (χ2v) is 5.25. The number of methoxy groups -OCH3 is 1. The van der Waals surface area contributed by atoms with Gasteiger partial charge in [0.05, 0.1) is 19.9 Å². The Balaban J connectivity index is 2.25. The number of rotatable bonds is 5. The van der Waals surface area contributed by atoms with E-state index in [-0.39, 0.29) is 0 Å². The molecule has 4 nitrogen and oxygen atoms in total. The first kappa shape index (κ1) is 14.1. The van der Waals surface area contributed by atoms with Gasteiger partial charge >= 0.3 is 0 Å². The van der Waals surface area contributed by atoms with E-state index in [1.807, 2.05) is 36.1 Å². The zero-order valence-electron chi connectivity index (χ0n) is 11.4. The van der Waals surface area contributed by atoms with E-state index >= 15 is 0 Å². The van der Waals surface area contributed by atoms with Crippen LogP contribution in [0.3, 0.4) is 0 Å². The highest BCUT2D eigenvalue weighted by molar-refractivity contribution is 9.10. The van der Waals surface area contributed by atoms with Crippen LogP contribution in [0.5, 0.6) is 5.75 Å². The summed E-state index contributed by atoms with van der Waals surface area (Å²) in [5.41, 5.74) is 3.56. The summed E-state index contributed by atoms with van der Waals surface area (Å²) in [5, 5.41) is 7.59. The highest BCUT2D eigenvalue weighted by Gasteiger charge is 2.08. The number of hydrogen-bond acceptors (Lipinski definition) is 3. The van der Waals surface area contributed by atoms with Crippen LogP contribution in [-0.2, 0) is 13.1 Å². The first-order valence-electron chi connectivity index (χ1n) is 6.14. The third-order valence-corrected chi connectivity index (χ3v) is 3.92. The van der Waals surface area contributed by atoms with E-state index in [2.05, 4.69) is 33.3 Å². The molecule has 0 aliphatic rings. The molecule has 0 saturated heterocycles. The maximum atomic E-state index is 5.26. The Morgan fingerprint density at radius 2 is 2.16 bits per heavy atom. The Hall–Kier alpha value is -1.33.